The van der Waals surface area contributed by atoms with Gasteiger partial charge in [-0.1, -0.05) is 35.9 Å². The highest BCUT2D eigenvalue weighted by molar-refractivity contribution is 6.30. The molecule has 0 fully saturated rings. The average Bonchev–Trinajstić information content (AvgIpc) is 2.63. The Balaban J connectivity index is 1.84. The highest BCUT2D eigenvalue weighted by Gasteiger charge is 2.16. The van der Waals surface area contributed by atoms with Crippen LogP contribution in [0, 0.1) is 0 Å². The van der Waals surface area contributed by atoms with Crippen molar-refractivity contribution in [1.29, 1.82) is 0 Å². The smallest absolute Gasteiger partial charge is 0.259 e. The summed E-state index contributed by atoms with van der Waals surface area (Å²) in [7, 11) is 0. The average molecular weight is 352 g/mol. The Labute approximate surface area is 152 Å². The Bertz CT molecular complexity index is 868. The number of carbonyl (C=O) groups excluding carboxylic acids is 1. The number of carbonyl (C=O) groups is 1. The first-order chi connectivity index (χ1) is 12.2. The number of para-hydroxylation sites is 1. The van der Waals surface area contributed by atoms with Gasteiger partial charge in [0.15, 0.2) is 0 Å². The fourth-order valence-electron chi connectivity index (χ4n) is 2.57. The molecule has 4 nitrogen and oxygen atoms in total. The zero-order chi connectivity index (χ0) is 17.6. The van der Waals surface area contributed by atoms with Crippen LogP contribution in [0.15, 0.2) is 73.1 Å². The van der Waals surface area contributed by atoms with Crippen molar-refractivity contribution in [2.24, 2.45) is 0 Å². The van der Waals surface area contributed by atoms with Gasteiger partial charge in [0.2, 0.25) is 0 Å². The molecule has 0 aliphatic rings. The van der Waals surface area contributed by atoms with Crippen LogP contribution in [0.25, 0.3) is 0 Å². The molecule has 3 rings (SSSR count). The van der Waals surface area contributed by atoms with E-state index in [4.69, 9.17) is 11.6 Å². The van der Waals surface area contributed by atoms with E-state index in [9.17, 15) is 4.79 Å². The highest BCUT2D eigenvalue weighted by atomic mass is 35.5. The molecule has 0 saturated carbocycles. The summed E-state index contributed by atoms with van der Waals surface area (Å²) >= 11 is 6.00. The van der Waals surface area contributed by atoms with Gasteiger partial charge in [-0.2, -0.15) is 0 Å². The maximum absolute atomic E-state index is 12.9. The van der Waals surface area contributed by atoms with Gasteiger partial charge in [0.05, 0.1) is 17.4 Å². The van der Waals surface area contributed by atoms with Crippen molar-refractivity contribution in [2.75, 3.05) is 16.8 Å². The summed E-state index contributed by atoms with van der Waals surface area (Å²) in [6.07, 6.45) is 3.26. The van der Waals surface area contributed by atoms with Crippen LogP contribution in [0.1, 0.15) is 17.3 Å². The van der Waals surface area contributed by atoms with Gasteiger partial charge in [-0.25, -0.2) is 0 Å². The summed E-state index contributed by atoms with van der Waals surface area (Å²) < 4.78 is 0. The van der Waals surface area contributed by atoms with Gasteiger partial charge in [0.1, 0.15) is 0 Å². The summed E-state index contributed by atoms with van der Waals surface area (Å²) in [6, 6.07) is 18.8. The van der Waals surface area contributed by atoms with E-state index in [-0.39, 0.29) is 5.91 Å². The zero-order valence-electron chi connectivity index (χ0n) is 13.8. The minimum Gasteiger partial charge on any atom is -0.354 e. The van der Waals surface area contributed by atoms with E-state index in [0.717, 1.165) is 17.1 Å². The normalized spacial score (nSPS) is 10.3. The molecule has 0 aliphatic heterocycles. The summed E-state index contributed by atoms with van der Waals surface area (Å²) in [5.41, 5.74) is 2.97. The topological polar surface area (TPSA) is 45.2 Å². The van der Waals surface area contributed by atoms with Gasteiger partial charge >= 0.3 is 0 Å². The second kappa shape index (κ2) is 7.81. The number of hydrogen-bond acceptors (Lipinski definition) is 3. The Morgan fingerprint density at radius 1 is 1.04 bits per heavy atom. The minimum atomic E-state index is -0.0871. The number of aromatic nitrogens is 1. The minimum absolute atomic E-state index is 0.0871. The predicted octanol–water partition coefficient (Wildman–Crippen LogP) is 5.15. The molecule has 0 unspecified atom stereocenters. The van der Waals surface area contributed by atoms with Crippen LogP contribution in [-0.2, 0) is 0 Å². The van der Waals surface area contributed by atoms with Crippen molar-refractivity contribution in [1.82, 2.24) is 4.98 Å². The fourth-order valence-corrected chi connectivity index (χ4v) is 2.76. The lowest BCUT2D eigenvalue weighted by Crippen LogP contribution is -2.30. The van der Waals surface area contributed by atoms with Crippen molar-refractivity contribution < 1.29 is 4.79 Å². The first-order valence-electron chi connectivity index (χ1n) is 8.02. The molecule has 126 valence electrons. The number of benzene rings is 2. The maximum Gasteiger partial charge on any atom is 0.259 e. The molecule has 0 aliphatic carbocycles. The van der Waals surface area contributed by atoms with Crippen LogP contribution in [0.2, 0.25) is 5.02 Å². The van der Waals surface area contributed by atoms with E-state index in [1.807, 2.05) is 61.5 Å². The lowest BCUT2D eigenvalue weighted by atomic mass is 10.2. The molecule has 1 aromatic heterocycles. The van der Waals surface area contributed by atoms with Gasteiger partial charge in [-0.05, 0) is 43.3 Å². The van der Waals surface area contributed by atoms with Crippen LogP contribution in [0.5, 0.6) is 0 Å². The molecule has 0 radical (unpaired) electrons. The van der Waals surface area contributed by atoms with E-state index >= 15 is 0 Å². The Morgan fingerprint density at radius 2 is 1.84 bits per heavy atom. The third-order valence-corrected chi connectivity index (χ3v) is 3.96. The van der Waals surface area contributed by atoms with Crippen LogP contribution in [0.4, 0.5) is 17.1 Å². The Hall–Kier alpha value is -2.85. The molecule has 0 spiro atoms. The van der Waals surface area contributed by atoms with E-state index < -0.39 is 0 Å². The van der Waals surface area contributed by atoms with Crippen molar-refractivity contribution >= 4 is 34.6 Å². The number of pyridine rings is 1. The molecule has 0 atom stereocenters. The number of anilines is 3. The molecule has 3 aromatic rings. The van der Waals surface area contributed by atoms with Gasteiger partial charge in [0.25, 0.3) is 5.91 Å². The van der Waals surface area contributed by atoms with E-state index in [1.54, 1.807) is 23.4 Å². The van der Waals surface area contributed by atoms with Gasteiger partial charge in [0, 0.05) is 29.1 Å². The second-order valence-corrected chi connectivity index (χ2v) is 5.92. The summed E-state index contributed by atoms with van der Waals surface area (Å²) in [5, 5.41) is 3.86. The van der Waals surface area contributed by atoms with Crippen LogP contribution in [-0.4, -0.2) is 17.4 Å². The van der Waals surface area contributed by atoms with Crippen LogP contribution >= 0.6 is 11.6 Å². The van der Waals surface area contributed by atoms with Gasteiger partial charge < -0.3 is 10.2 Å². The monoisotopic (exact) mass is 351 g/mol. The third kappa shape index (κ3) is 4.17. The quantitative estimate of drug-likeness (QED) is 0.691. The number of nitrogens with one attached hydrogen (secondary N) is 1. The SMILES string of the molecule is CCN(C(=O)c1cncc(Nc2cccc(Cl)c2)c1)c1ccccc1. The van der Waals surface area contributed by atoms with Gasteiger partial charge in [-0.3, -0.25) is 9.78 Å². The summed E-state index contributed by atoms with van der Waals surface area (Å²) in [6.45, 7) is 2.53. The number of hydrogen-bond donors (Lipinski definition) is 1. The molecule has 0 saturated heterocycles. The number of nitrogens with zero attached hydrogens (tertiary/aromatic N) is 2. The molecule has 1 heterocycles. The van der Waals surface area contributed by atoms with Crippen LogP contribution in [0.3, 0.4) is 0 Å². The predicted molar refractivity (Wildman–Crippen MR) is 103 cm³/mol. The van der Waals surface area contributed by atoms with E-state index in [0.29, 0.717) is 17.1 Å². The van der Waals surface area contributed by atoms with Crippen LogP contribution < -0.4 is 10.2 Å². The number of halogens is 1. The lowest BCUT2D eigenvalue weighted by molar-refractivity contribution is 0.0988. The maximum atomic E-state index is 12.9. The van der Waals surface area contributed by atoms with E-state index in [1.165, 1.54) is 0 Å². The first kappa shape index (κ1) is 17.0. The lowest BCUT2D eigenvalue weighted by Gasteiger charge is -2.21. The Morgan fingerprint density at radius 3 is 2.56 bits per heavy atom. The molecule has 2 aromatic carbocycles. The van der Waals surface area contributed by atoms with Crippen molar-refractivity contribution in [3.05, 3.63) is 83.6 Å². The van der Waals surface area contributed by atoms with Crippen molar-refractivity contribution in [2.45, 2.75) is 6.92 Å². The molecule has 1 amide bonds. The highest BCUT2D eigenvalue weighted by Crippen LogP contribution is 2.22. The molecule has 0 bridgehead atoms. The standard InChI is InChI=1S/C20H18ClN3O/c1-2-24(19-9-4-3-5-10-19)20(25)15-11-18(14-22-13-15)23-17-8-6-7-16(21)12-17/h3-14,23H,2H2,1H3. The number of rotatable bonds is 5. The molecule has 25 heavy (non-hydrogen) atoms. The fraction of sp³-hybridized carbons (Fsp3) is 0.100. The molecule has 5 heteroatoms. The second-order valence-electron chi connectivity index (χ2n) is 5.48. The van der Waals surface area contributed by atoms with Crippen molar-refractivity contribution in [3.8, 4) is 0 Å². The van der Waals surface area contributed by atoms with Gasteiger partial charge in [-0.15, -0.1) is 0 Å². The largest absolute Gasteiger partial charge is 0.354 e. The van der Waals surface area contributed by atoms with Crippen molar-refractivity contribution in [3.63, 3.8) is 0 Å². The Kier molecular flexibility index (Phi) is 5.31. The summed E-state index contributed by atoms with van der Waals surface area (Å²) in [5.74, 6) is -0.0871. The molecular weight excluding hydrogens is 334 g/mol. The molecule has 1 N–H and O–H groups in total. The summed E-state index contributed by atoms with van der Waals surface area (Å²) in [4.78, 5) is 18.8. The number of amides is 1. The van der Waals surface area contributed by atoms with E-state index in [2.05, 4.69) is 10.3 Å². The first-order valence-corrected chi connectivity index (χ1v) is 8.39. The molecular formula is C20H18ClN3O. The third-order valence-electron chi connectivity index (χ3n) is 3.73. The zero-order valence-corrected chi connectivity index (χ0v) is 14.6.